The Kier molecular flexibility index (Phi) is 4.78. The second-order valence-corrected chi connectivity index (χ2v) is 8.03. The normalized spacial score (nSPS) is 11.0. The molecule has 0 aliphatic heterocycles. The summed E-state index contributed by atoms with van der Waals surface area (Å²) in [7, 11) is 0. The van der Waals surface area contributed by atoms with Crippen LogP contribution in [0.1, 0.15) is 0 Å². The van der Waals surface area contributed by atoms with E-state index in [0.717, 1.165) is 33.4 Å². The van der Waals surface area contributed by atoms with Crippen LogP contribution >= 0.6 is 0 Å². The second-order valence-electron chi connectivity index (χ2n) is 8.03. The van der Waals surface area contributed by atoms with Crippen molar-refractivity contribution in [2.45, 2.75) is 0 Å². The van der Waals surface area contributed by atoms with E-state index in [1.165, 1.54) is 22.3 Å². The van der Waals surface area contributed by atoms with E-state index in [4.69, 9.17) is 4.98 Å². The fourth-order valence-corrected chi connectivity index (χ4v) is 4.29. The number of fused-ring (bicyclic) bond motifs is 1. The maximum atomic E-state index is 4.84. The lowest BCUT2D eigenvalue weighted by Crippen LogP contribution is -1.90. The van der Waals surface area contributed by atoms with E-state index in [9.17, 15) is 0 Å². The summed E-state index contributed by atoms with van der Waals surface area (Å²) < 4.78 is 0. The number of rotatable bonds is 4. The highest BCUT2D eigenvalue weighted by Gasteiger charge is 2.13. The molecule has 0 aliphatic rings. The molecule has 4 aromatic carbocycles. The standard InChI is InChI=1S/C30H21N3/c1-3-7-21(8-4-1)23-11-15-25(16-12-23)27-19-31-28(30-29(27)32-20-33-30)26-17-13-24(14-18-26)22-9-5-2-6-10-22/h1-20H,(H,32,33). The Bertz CT molecular complexity index is 1400. The molecular weight excluding hydrogens is 402 g/mol. The first-order chi connectivity index (χ1) is 16.4. The first-order valence-corrected chi connectivity index (χ1v) is 11.0. The third-order valence-electron chi connectivity index (χ3n) is 6.02. The van der Waals surface area contributed by atoms with Crippen LogP contribution in [-0.4, -0.2) is 15.0 Å². The van der Waals surface area contributed by atoms with Crippen molar-refractivity contribution < 1.29 is 0 Å². The number of aromatic nitrogens is 3. The van der Waals surface area contributed by atoms with Gasteiger partial charge in [-0.2, -0.15) is 0 Å². The van der Waals surface area contributed by atoms with Gasteiger partial charge in [0.15, 0.2) is 0 Å². The van der Waals surface area contributed by atoms with Crippen LogP contribution in [0.4, 0.5) is 0 Å². The van der Waals surface area contributed by atoms with E-state index in [2.05, 4.69) is 107 Å². The molecule has 6 aromatic rings. The van der Waals surface area contributed by atoms with Crippen LogP contribution in [0.2, 0.25) is 0 Å². The van der Waals surface area contributed by atoms with Crippen molar-refractivity contribution in [1.29, 1.82) is 0 Å². The third kappa shape index (κ3) is 3.60. The maximum Gasteiger partial charge on any atom is 0.0998 e. The van der Waals surface area contributed by atoms with Crippen LogP contribution in [-0.2, 0) is 0 Å². The Hall–Kier alpha value is -4.50. The summed E-state index contributed by atoms with van der Waals surface area (Å²) >= 11 is 0. The van der Waals surface area contributed by atoms with E-state index in [-0.39, 0.29) is 0 Å². The van der Waals surface area contributed by atoms with E-state index in [1.807, 2.05) is 18.3 Å². The summed E-state index contributed by atoms with van der Waals surface area (Å²) in [6, 6.07) is 37.9. The number of nitrogens with one attached hydrogen (secondary N) is 1. The number of hydrogen-bond acceptors (Lipinski definition) is 2. The molecule has 6 rings (SSSR count). The van der Waals surface area contributed by atoms with Crippen molar-refractivity contribution >= 4 is 11.0 Å². The summed E-state index contributed by atoms with van der Waals surface area (Å²) in [6.45, 7) is 0. The minimum atomic E-state index is 0.909. The Morgan fingerprint density at radius 1 is 0.455 bits per heavy atom. The number of H-pyrrole nitrogens is 1. The first-order valence-electron chi connectivity index (χ1n) is 11.0. The zero-order valence-corrected chi connectivity index (χ0v) is 17.9. The molecule has 0 fully saturated rings. The fourth-order valence-electron chi connectivity index (χ4n) is 4.29. The van der Waals surface area contributed by atoms with Gasteiger partial charge in [0.25, 0.3) is 0 Å². The van der Waals surface area contributed by atoms with E-state index < -0.39 is 0 Å². The van der Waals surface area contributed by atoms with Crippen molar-refractivity contribution in [3.8, 4) is 44.6 Å². The van der Waals surface area contributed by atoms with Crippen molar-refractivity contribution in [3.63, 3.8) is 0 Å². The molecule has 0 spiro atoms. The van der Waals surface area contributed by atoms with Crippen molar-refractivity contribution in [2.24, 2.45) is 0 Å². The lowest BCUT2D eigenvalue weighted by molar-refractivity contribution is 1.33. The van der Waals surface area contributed by atoms with Crippen LogP contribution in [0, 0.1) is 0 Å². The van der Waals surface area contributed by atoms with Crippen LogP contribution in [0.25, 0.3) is 55.7 Å². The number of benzene rings is 4. The van der Waals surface area contributed by atoms with Crippen molar-refractivity contribution in [3.05, 3.63) is 122 Å². The lowest BCUT2D eigenvalue weighted by Gasteiger charge is -2.09. The fraction of sp³-hybridized carbons (Fsp3) is 0. The molecule has 0 saturated heterocycles. The minimum Gasteiger partial charge on any atom is -0.343 e. The Morgan fingerprint density at radius 2 is 0.939 bits per heavy atom. The Morgan fingerprint density at radius 3 is 1.52 bits per heavy atom. The second kappa shape index (κ2) is 8.21. The van der Waals surface area contributed by atoms with Crippen LogP contribution in [0.15, 0.2) is 122 Å². The smallest absolute Gasteiger partial charge is 0.0998 e. The molecule has 156 valence electrons. The van der Waals surface area contributed by atoms with Gasteiger partial charge in [-0.25, -0.2) is 4.98 Å². The van der Waals surface area contributed by atoms with E-state index in [1.54, 1.807) is 6.33 Å². The van der Waals surface area contributed by atoms with E-state index >= 15 is 0 Å². The van der Waals surface area contributed by atoms with Gasteiger partial charge in [-0.1, -0.05) is 109 Å². The van der Waals surface area contributed by atoms with Gasteiger partial charge in [0.1, 0.15) is 0 Å². The molecule has 3 heteroatoms. The van der Waals surface area contributed by atoms with Gasteiger partial charge in [-0.05, 0) is 27.8 Å². The molecule has 2 heterocycles. The molecule has 1 N–H and O–H groups in total. The topological polar surface area (TPSA) is 41.6 Å². The molecule has 0 unspecified atom stereocenters. The predicted molar refractivity (Wildman–Crippen MR) is 136 cm³/mol. The molecule has 0 saturated carbocycles. The van der Waals surface area contributed by atoms with Crippen molar-refractivity contribution in [1.82, 2.24) is 15.0 Å². The number of aromatic amines is 1. The molecule has 0 radical (unpaired) electrons. The molecule has 3 nitrogen and oxygen atoms in total. The molecule has 33 heavy (non-hydrogen) atoms. The largest absolute Gasteiger partial charge is 0.343 e. The predicted octanol–water partition coefficient (Wildman–Crippen LogP) is 7.63. The highest BCUT2D eigenvalue weighted by atomic mass is 14.9. The monoisotopic (exact) mass is 423 g/mol. The third-order valence-corrected chi connectivity index (χ3v) is 6.02. The van der Waals surface area contributed by atoms with E-state index in [0.29, 0.717) is 0 Å². The quantitative estimate of drug-likeness (QED) is 0.317. The summed E-state index contributed by atoms with van der Waals surface area (Å²) in [6.07, 6.45) is 3.68. The highest BCUT2D eigenvalue weighted by Crippen LogP contribution is 2.33. The zero-order chi connectivity index (χ0) is 22.0. The minimum absolute atomic E-state index is 0.909. The van der Waals surface area contributed by atoms with Crippen molar-refractivity contribution in [2.75, 3.05) is 0 Å². The molecule has 0 amide bonds. The summed E-state index contributed by atoms with van der Waals surface area (Å²) in [5.41, 5.74) is 10.8. The molecular formula is C30H21N3. The number of nitrogens with zero attached hydrogens (tertiary/aromatic N) is 2. The summed E-state index contributed by atoms with van der Waals surface area (Å²) in [4.78, 5) is 12.8. The average molecular weight is 424 g/mol. The average Bonchev–Trinajstić information content (AvgIpc) is 3.40. The molecule has 2 aromatic heterocycles. The zero-order valence-electron chi connectivity index (χ0n) is 17.9. The first kappa shape index (κ1) is 19.2. The molecule has 0 bridgehead atoms. The Balaban J connectivity index is 1.36. The van der Waals surface area contributed by atoms with Gasteiger partial charge in [0.05, 0.1) is 23.1 Å². The lowest BCUT2D eigenvalue weighted by atomic mass is 9.99. The number of imidazole rings is 1. The maximum absolute atomic E-state index is 4.84. The number of pyridine rings is 1. The van der Waals surface area contributed by atoms with Crippen LogP contribution in [0.3, 0.4) is 0 Å². The van der Waals surface area contributed by atoms with Gasteiger partial charge < -0.3 is 4.98 Å². The summed E-state index contributed by atoms with van der Waals surface area (Å²) in [5.74, 6) is 0. The van der Waals surface area contributed by atoms with Gasteiger partial charge in [0, 0.05) is 17.3 Å². The SMILES string of the molecule is c1ccc(-c2ccc(-c3cnc(-c4ccc(-c5ccccc5)cc4)c4[nH]cnc34)cc2)cc1. The van der Waals surface area contributed by atoms with Gasteiger partial charge in [-0.3, -0.25) is 4.98 Å². The molecule has 0 atom stereocenters. The highest BCUT2D eigenvalue weighted by molar-refractivity contribution is 5.98. The van der Waals surface area contributed by atoms with Gasteiger partial charge in [0.2, 0.25) is 0 Å². The van der Waals surface area contributed by atoms with Crippen LogP contribution in [0.5, 0.6) is 0 Å². The van der Waals surface area contributed by atoms with Gasteiger partial charge >= 0.3 is 0 Å². The van der Waals surface area contributed by atoms with Gasteiger partial charge in [-0.15, -0.1) is 0 Å². The van der Waals surface area contributed by atoms with Crippen LogP contribution < -0.4 is 0 Å². The summed E-state index contributed by atoms with van der Waals surface area (Å²) in [5, 5.41) is 0. The molecule has 0 aliphatic carbocycles. The Labute approximate surface area is 192 Å². The number of hydrogen-bond donors (Lipinski definition) is 1.